The van der Waals surface area contributed by atoms with Crippen LogP contribution >= 0.6 is 0 Å². The standard InChI is InChI=1S/C15H23NO2/c1-13(14-6-4-3-5-7-14)16(2)12-15(17)8-10-18-11-9-15/h3-7,13,17H,8-12H2,1-2H3. The molecule has 1 atom stereocenters. The van der Waals surface area contributed by atoms with E-state index < -0.39 is 5.60 Å². The largest absolute Gasteiger partial charge is 0.388 e. The number of nitrogens with zero attached hydrogens (tertiary/aromatic N) is 1. The van der Waals surface area contributed by atoms with Gasteiger partial charge in [-0.1, -0.05) is 30.3 Å². The minimum Gasteiger partial charge on any atom is -0.388 e. The first-order chi connectivity index (χ1) is 8.61. The molecular formula is C15H23NO2. The molecule has 3 heteroatoms. The minimum absolute atomic E-state index is 0.318. The Morgan fingerprint density at radius 1 is 1.28 bits per heavy atom. The SMILES string of the molecule is CC(c1ccccc1)N(C)CC1(O)CCOCC1. The number of benzene rings is 1. The van der Waals surface area contributed by atoms with Crippen LogP contribution in [0.4, 0.5) is 0 Å². The van der Waals surface area contributed by atoms with Gasteiger partial charge in [-0.15, -0.1) is 0 Å². The van der Waals surface area contributed by atoms with Gasteiger partial charge in [-0.05, 0) is 19.5 Å². The molecule has 1 unspecified atom stereocenters. The molecule has 1 aliphatic heterocycles. The first-order valence-electron chi connectivity index (χ1n) is 6.66. The second-order valence-corrected chi connectivity index (χ2v) is 5.34. The molecule has 1 fully saturated rings. The highest BCUT2D eigenvalue weighted by Crippen LogP contribution is 2.25. The molecule has 2 rings (SSSR count). The summed E-state index contributed by atoms with van der Waals surface area (Å²) in [6.07, 6.45) is 1.47. The first-order valence-corrected chi connectivity index (χ1v) is 6.66. The highest BCUT2D eigenvalue weighted by molar-refractivity contribution is 5.18. The van der Waals surface area contributed by atoms with Gasteiger partial charge < -0.3 is 9.84 Å². The lowest BCUT2D eigenvalue weighted by Crippen LogP contribution is -2.46. The molecule has 1 aromatic rings. The summed E-state index contributed by atoms with van der Waals surface area (Å²) < 4.78 is 5.31. The first kappa shape index (κ1) is 13.5. The molecule has 18 heavy (non-hydrogen) atoms. The van der Waals surface area contributed by atoms with E-state index >= 15 is 0 Å². The predicted octanol–water partition coefficient (Wildman–Crippen LogP) is 2.22. The molecule has 0 spiro atoms. The van der Waals surface area contributed by atoms with Crippen LogP contribution in [0.3, 0.4) is 0 Å². The van der Waals surface area contributed by atoms with Crippen molar-refractivity contribution in [3.8, 4) is 0 Å². The van der Waals surface area contributed by atoms with E-state index in [0.717, 1.165) is 12.8 Å². The number of hydrogen-bond donors (Lipinski definition) is 1. The Morgan fingerprint density at radius 3 is 2.50 bits per heavy atom. The molecule has 1 N–H and O–H groups in total. The van der Waals surface area contributed by atoms with Crippen molar-refractivity contribution in [2.24, 2.45) is 0 Å². The Hall–Kier alpha value is -0.900. The Balaban J connectivity index is 1.97. The maximum absolute atomic E-state index is 10.5. The van der Waals surface area contributed by atoms with Gasteiger partial charge in [-0.2, -0.15) is 0 Å². The molecule has 1 heterocycles. The summed E-state index contributed by atoms with van der Waals surface area (Å²) in [6.45, 7) is 4.22. The van der Waals surface area contributed by atoms with Crippen LogP contribution in [0.15, 0.2) is 30.3 Å². The summed E-state index contributed by atoms with van der Waals surface area (Å²) in [5.74, 6) is 0. The van der Waals surface area contributed by atoms with Crippen LogP contribution in [0, 0.1) is 0 Å². The number of rotatable bonds is 4. The second-order valence-electron chi connectivity index (χ2n) is 5.34. The Labute approximate surface area is 109 Å². The van der Waals surface area contributed by atoms with Crippen LogP contribution in [0.1, 0.15) is 31.4 Å². The third-order valence-corrected chi connectivity index (χ3v) is 3.91. The molecule has 1 aliphatic rings. The highest BCUT2D eigenvalue weighted by atomic mass is 16.5. The summed E-state index contributed by atoms with van der Waals surface area (Å²) in [5.41, 5.74) is 0.700. The highest BCUT2D eigenvalue weighted by Gasteiger charge is 2.32. The van der Waals surface area contributed by atoms with Crippen LogP contribution in [0.5, 0.6) is 0 Å². The Bertz CT molecular complexity index is 360. The molecule has 0 amide bonds. The third kappa shape index (κ3) is 3.31. The van der Waals surface area contributed by atoms with E-state index in [1.165, 1.54) is 5.56 Å². The minimum atomic E-state index is -0.587. The lowest BCUT2D eigenvalue weighted by Gasteiger charge is -2.37. The fraction of sp³-hybridized carbons (Fsp3) is 0.600. The van der Waals surface area contributed by atoms with E-state index in [-0.39, 0.29) is 0 Å². The third-order valence-electron chi connectivity index (χ3n) is 3.91. The van der Waals surface area contributed by atoms with E-state index in [0.29, 0.717) is 25.8 Å². The van der Waals surface area contributed by atoms with Gasteiger partial charge in [0.05, 0.1) is 5.60 Å². The number of likely N-dealkylation sites (N-methyl/N-ethyl adjacent to an activating group) is 1. The quantitative estimate of drug-likeness (QED) is 0.888. The summed E-state index contributed by atoms with van der Waals surface area (Å²) in [4.78, 5) is 2.22. The summed E-state index contributed by atoms with van der Waals surface area (Å²) in [5, 5.41) is 10.5. The summed E-state index contributed by atoms with van der Waals surface area (Å²) in [6, 6.07) is 10.7. The van der Waals surface area contributed by atoms with Crippen molar-refractivity contribution in [1.82, 2.24) is 4.90 Å². The fourth-order valence-electron chi connectivity index (χ4n) is 2.50. The Kier molecular flexibility index (Phi) is 4.38. The van der Waals surface area contributed by atoms with Crippen LogP contribution < -0.4 is 0 Å². The van der Waals surface area contributed by atoms with Crippen LogP contribution in [0.2, 0.25) is 0 Å². The predicted molar refractivity (Wildman–Crippen MR) is 72.5 cm³/mol. The molecule has 100 valence electrons. The van der Waals surface area contributed by atoms with E-state index in [1.54, 1.807) is 0 Å². The summed E-state index contributed by atoms with van der Waals surface area (Å²) in [7, 11) is 2.07. The maximum atomic E-state index is 10.5. The van der Waals surface area contributed by atoms with Crippen molar-refractivity contribution in [1.29, 1.82) is 0 Å². The zero-order valence-electron chi connectivity index (χ0n) is 11.3. The molecule has 0 aliphatic carbocycles. The normalized spacial score (nSPS) is 20.9. The van der Waals surface area contributed by atoms with Gasteiger partial charge in [0, 0.05) is 38.6 Å². The number of hydrogen-bond acceptors (Lipinski definition) is 3. The lowest BCUT2D eigenvalue weighted by molar-refractivity contribution is -0.0808. The monoisotopic (exact) mass is 249 g/mol. The van der Waals surface area contributed by atoms with Gasteiger partial charge >= 0.3 is 0 Å². The average molecular weight is 249 g/mol. The molecule has 3 nitrogen and oxygen atoms in total. The van der Waals surface area contributed by atoms with Crippen LogP contribution in [0.25, 0.3) is 0 Å². The smallest absolute Gasteiger partial charge is 0.0818 e. The van der Waals surface area contributed by atoms with Gasteiger partial charge in [0.25, 0.3) is 0 Å². The van der Waals surface area contributed by atoms with E-state index in [1.807, 2.05) is 6.07 Å². The Morgan fingerprint density at radius 2 is 1.89 bits per heavy atom. The molecule has 1 saturated heterocycles. The van der Waals surface area contributed by atoms with Gasteiger partial charge in [0.2, 0.25) is 0 Å². The van der Waals surface area contributed by atoms with Crippen molar-refractivity contribution >= 4 is 0 Å². The summed E-state index contributed by atoms with van der Waals surface area (Å²) >= 11 is 0. The zero-order chi connectivity index (χ0) is 13.0. The molecule has 0 bridgehead atoms. The van der Waals surface area contributed by atoms with E-state index in [4.69, 9.17) is 4.74 Å². The topological polar surface area (TPSA) is 32.7 Å². The molecule has 1 aromatic carbocycles. The number of aliphatic hydroxyl groups is 1. The van der Waals surface area contributed by atoms with Crippen molar-refractivity contribution in [2.75, 3.05) is 26.8 Å². The lowest BCUT2D eigenvalue weighted by atomic mass is 9.93. The maximum Gasteiger partial charge on any atom is 0.0818 e. The fourth-order valence-corrected chi connectivity index (χ4v) is 2.50. The van der Waals surface area contributed by atoms with Crippen LogP contribution in [-0.2, 0) is 4.74 Å². The van der Waals surface area contributed by atoms with Crippen molar-refractivity contribution in [3.05, 3.63) is 35.9 Å². The number of ether oxygens (including phenoxy) is 1. The van der Waals surface area contributed by atoms with Crippen molar-refractivity contribution < 1.29 is 9.84 Å². The van der Waals surface area contributed by atoms with Crippen LogP contribution in [-0.4, -0.2) is 42.4 Å². The van der Waals surface area contributed by atoms with Crippen molar-refractivity contribution in [2.45, 2.75) is 31.4 Å². The molecule has 0 radical (unpaired) electrons. The zero-order valence-corrected chi connectivity index (χ0v) is 11.3. The van der Waals surface area contributed by atoms with Gasteiger partial charge in [0.15, 0.2) is 0 Å². The van der Waals surface area contributed by atoms with E-state index in [9.17, 15) is 5.11 Å². The van der Waals surface area contributed by atoms with Gasteiger partial charge in [0.1, 0.15) is 0 Å². The van der Waals surface area contributed by atoms with Crippen molar-refractivity contribution in [3.63, 3.8) is 0 Å². The average Bonchev–Trinajstić information content (AvgIpc) is 2.39. The van der Waals surface area contributed by atoms with Gasteiger partial charge in [-0.25, -0.2) is 0 Å². The molecule has 0 saturated carbocycles. The van der Waals surface area contributed by atoms with Gasteiger partial charge in [-0.3, -0.25) is 4.90 Å². The molecule has 0 aromatic heterocycles. The molecular weight excluding hydrogens is 226 g/mol. The second kappa shape index (κ2) is 5.83. The van der Waals surface area contributed by atoms with E-state index in [2.05, 4.69) is 43.1 Å².